The molecule has 32 heavy (non-hydrogen) atoms. The molecule has 4 rings (SSSR count). The molecule has 2 heterocycles. The first-order chi connectivity index (χ1) is 15.7. The highest BCUT2D eigenvalue weighted by molar-refractivity contribution is 5.47. The van der Waals surface area contributed by atoms with E-state index in [2.05, 4.69) is 41.1 Å². The summed E-state index contributed by atoms with van der Waals surface area (Å²) in [5.41, 5.74) is 1.16. The summed E-state index contributed by atoms with van der Waals surface area (Å²) in [6, 6.07) is 19.0. The number of para-hydroxylation sites is 1. The lowest BCUT2D eigenvalue weighted by atomic mass is 9.85. The van der Waals surface area contributed by atoms with E-state index in [1.165, 1.54) is 64.8 Å². The van der Waals surface area contributed by atoms with Crippen LogP contribution in [-0.4, -0.2) is 55.1 Å². The molecule has 1 N–H and O–H groups in total. The second-order valence-electron chi connectivity index (χ2n) is 9.91. The zero-order valence-electron chi connectivity index (χ0n) is 20.0. The molecule has 4 nitrogen and oxygen atoms in total. The van der Waals surface area contributed by atoms with Crippen molar-refractivity contribution < 1.29 is 4.74 Å². The van der Waals surface area contributed by atoms with Gasteiger partial charge in [-0.05, 0) is 113 Å². The second-order valence-corrected chi connectivity index (χ2v) is 9.91. The molecular weight excluding hydrogens is 394 g/mol. The van der Waals surface area contributed by atoms with Crippen LogP contribution in [0.25, 0.3) is 0 Å². The van der Waals surface area contributed by atoms with Gasteiger partial charge in [0.25, 0.3) is 0 Å². The molecule has 2 aromatic rings. The van der Waals surface area contributed by atoms with E-state index in [0.717, 1.165) is 41.6 Å². The van der Waals surface area contributed by atoms with Crippen LogP contribution >= 0.6 is 0 Å². The van der Waals surface area contributed by atoms with Crippen LogP contribution in [0, 0.1) is 11.8 Å². The number of nitrogens with zero attached hydrogens (tertiary/aromatic N) is 2. The van der Waals surface area contributed by atoms with Gasteiger partial charge in [0.15, 0.2) is 0 Å². The number of hydrogen-bond donors (Lipinski definition) is 1. The minimum absolute atomic E-state index is 0.828. The zero-order chi connectivity index (χ0) is 22.2. The molecule has 4 heteroatoms. The minimum atomic E-state index is 0.828. The minimum Gasteiger partial charge on any atom is -0.457 e. The van der Waals surface area contributed by atoms with Gasteiger partial charge in [-0.2, -0.15) is 0 Å². The van der Waals surface area contributed by atoms with Crippen LogP contribution < -0.4 is 10.1 Å². The lowest BCUT2D eigenvalue weighted by Gasteiger charge is -2.42. The maximum Gasteiger partial charge on any atom is 0.127 e. The summed E-state index contributed by atoms with van der Waals surface area (Å²) < 4.78 is 5.87. The Hall–Kier alpha value is -2.04. The SMILES string of the molecule is CC(C)C1CCN(C2CCN(CCCNc3ccc(Oc4ccccc4)cc3)CC2)CC1. The quantitative estimate of drug-likeness (QED) is 0.481. The normalized spacial score (nSPS) is 19.3. The Labute approximate surface area is 194 Å². The first-order valence-electron chi connectivity index (χ1n) is 12.7. The molecule has 0 atom stereocenters. The van der Waals surface area contributed by atoms with Gasteiger partial charge in [-0.15, -0.1) is 0 Å². The van der Waals surface area contributed by atoms with Crippen molar-refractivity contribution in [2.75, 3.05) is 44.6 Å². The monoisotopic (exact) mass is 435 g/mol. The Kier molecular flexibility index (Phi) is 8.47. The lowest BCUT2D eigenvalue weighted by molar-refractivity contribution is 0.0691. The Balaban J connectivity index is 1.09. The summed E-state index contributed by atoms with van der Waals surface area (Å²) >= 11 is 0. The van der Waals surface area contributed by atoms with Crippen molar-refractivity contribution >= 4 is 5.69 Å². The molecule has 0 radical (unpaired) electrons. The van der Waals surface area contributed by atoms with Gasteiger partial charge in [-0.3, -0.25) is 0 Å². The van der Waals surface area contributed by atoms with Crippen LogP contribution in [0.15, 0.2) is 54.6 Å². The summed E-state index contributed by atoms with van der Waals surface area (Å²) in [7, 11) is 0. The van der Waals surface area contributed by atoms with Crippen LogP contribution in [0.1, 0.15) is 46.0 Å². The largest absolute Gasteiger partial charge is 0.457 e. The zero-order valence-corrected chi connectivity index (χ0v) is 20.0. The van der Waals surface area contributed by atoms with E-state index >= 15 is 0 Å². The third-order valence-electron chi connectivity index (χ3n) is 7.40. The number of hydrogen-bond acceptors (Lipinski definition) is 4. The molecule has 0 aromatic heterocycles. The Morgan fingerprint density at radius 2 is 1.50 bits per heavy atom. The number of anilines is 1. The molecule has 2 aliphatic rings. The first kappa shape index (κ1) is 23.1. The van der Waals surface area contributed by atoms with Crippen LogP contribution in [0.4, 0.5) is 5.69 Å². The highest BCUT2D eigenvalue weighted by atomic mass is 16.5. The van der Waals surface area contributed by atoms with Crippen LogP contribution in [0.3, 0.4) is 0 Å². The molecule has 2 aliphatic heterocycles. The average Bonchev–Trinajstić information content (AvgIpc) is 2.84. The van der Waals surface area contributed by atoms with Crippen LogP contribution in [0.2, 0.25) is 0 Å². The average molecular weight is 436 g/mol. The topological polar surface area (TPSA) is 27.7 Å². The summed E-state index contributed by atoms with van der Waals surface area (Å²) in [5, 5.41) is 3.56. The van der Waals surface area contributed by atoms with Gasteiger partial charge < -0.3 is 19.9 Å². The molecule has 0 saturated carbocycles. The fourth-order valence-corrected chi connectivity index (χ4v) is 5.26. The van der Waals surface area contributed by atoms with Gasteiger partial charge in [0.05, 0.1) is 0 Å². The lowest BCUT2D eigenvalue weighted by Crippen LogP contribution is -2.48. The van der Waals surface area contributed by atoms with Gasteiger partial charge in [0, 0.05) is 18.3 Å². The summed E-state index contributed by atoms with van der Waals surface area (Å²) in [6.45, 7) is 12.2. The van der Waals surface area contributed by atoms with Gasteiger partial charge in [0.2, 0.25) is 0 Å². The van der Waals surface area contributed by atoms with Crippen molar-refractivity contribution in [3.05, 3.63) is 54.6 Å². The van der Waals surface area contributed by atoms with E-state index < -0.39 is 0 Å². The van der Waals surface area contributed by atoms with Crippen molar-refractivity contribution in [3.63, 3.8) is 0 Å². The fraction of sp³-hybridized carbons (Fsp3) is 0.571. The fourth-order valence-electron chi connectivity index (χ4n) is 5.26. The van der Waals surface area contributed by atoms with Crippen LogP contribution in [0.5, 0.6) is 11.5 Å². The number of benzene rings is 2. The number of nitrogens with one attached hydrogen (secondary N) is 1. The molecule has 0 aliphatic carbocycles. The van der Waals surface area contributed by atoms with E-state index in [4.69, 9.17) is 4.74 Å². The highest BCUT2D eigenvalue weighted by Gasteiger charge is 2.28. The molecule has 0 spiro atoms. The Bertz CT molecular complexity index is 776. The Morgan fingerprint density at radius 1 is 0.844 bits per heavy atom. The van der Waals surface area contributed by atoms with E-state index in [9.17, 15) is 0 Å². The third-order valence-corrected chi connectivity index (χ3v) is 7.40. The molecule has 0 amide bonds. The van der Waals surface area contributed by atoms with Crippen molar-refractivity contribution in [2.24, 2.45) is 11.8 Å². The maximum absolute atomic E-state index is 5.87. The number of ether oxygens (including phenoxy) is 1. The standard InChI is InChI=1S/C28H41N3O/c1-23(2)24-13-21-31(22-14-24)26-15-19-30(20-16-26)18-6-17-29-25-9-11-28(12-10-25)32-27-7-4-3-5-8-27/h3-5,7-12,23-24,26,29H,6,13-22H2,1-2H3. The number of rotatable bonds is 9. The van der Waals surface area contributed by atoms with Gasteiger partial charge >= 0.3 is 0 Å². The molecule has 174 valence electrons. The van der Waals surface area contributed by atoms with Crippen molar-refractivity contribution in [2.45, 2.75) is 52.0 Å². The molecule has 2 saturated heterocycles. The smallest absolute Gasteiger partial charge is 0.127 e. The summed E-state index contributed by atoms with van der Waals surface area (Å²) in [4.78, 5) is 5.46. The third kappa shape index (κ3) is 6.73. The van der Waals surface area contributed by atoms with Crippen molar-refractivity contribution in [1.29, 1.82) is 0 Å². The molecule has 2 fully saturated rings. The number of likely N-dealkylation sites (tertiary alicyclic amines) is 2. The second kappa shape index (κ2) is 11.7. The molecule has 2 aromatic carbocycles. The van der Waals surface area contributed by atoms with Gasteiger partial charge in [0.1, 0.15) is 11.5 Å². The Morgan fingerprint density at radius 3 is 2.16 bits per heavy atom. The summed E-state index contributed by atoms with van der Waals surface area (Å²) in [6.07, 6.45) is 6.70. The van der Waals surface area contributed by atoms with E-state index in [1.807, 2.05) is 42.5 Å². The predicted molar refractivity (Wildman–Crippen MR) is 135 cm³/mol. The highest BCUT2D eigenvalue weighted by Crippen LogP contribution is 2.28. The van der Waals surface area contributed by atoms with E-state index in [1.54, 1.807) is 0 Å². The maximum atomic E-state index is 5.87. The van der Waals surface area contributed by atoms with Gasteiger partial charge in [-0.25, -0.2) is 0 Å². The van der Waals surface area contributed by atoms with Gasteiger partial charge in [-0.1, -0.05) is 32.0 Å². The predicted octanol–water partition coefficient (Wildman–Crippen LogP) is 6.11. The van der Waals surface area contributed by atoms with Crippen molar-refractivity contribution in [3.8, 4) is 11.5 Å². The molecular formula is C28H41N3O. The van der Waals surface area contributed by atoms with Crippen LogP contribution in [-0.2, 0) is 0 Å². The summed E-state index contributed by atoms with van der Waals surface area (Å²) in [5.74, 6) is 3.55. The molecule has 0 unspecified atom stereocenters. The van der Waals surface area contributed by atoms with E-state index in [-0.39, 0.29) is 0 Å². The van der Waals surface area contributed by atoms with Crippen molar-refractivity contribution in [1.82, 2.24) is 9.80 Å². The van der Waals surface area contributed by atoms with E-state index in [0.29, 0.717) is 0 Å². The number of piperidine rings is 2. The molecule has 0 bridgehead atoms. The first-order valence-corrected chi connectivity index (χ1v) is 12.7.